The van der Waals surface area contributed by atoms with Crippen molar-refractivity contribution in [3.05, 3.63) is 54.4 Å². The maximum absolute atomic E-state index is 9.65. The molecule has 1 aromatic carbocycles. The number of ether oxygens (including phenoxy) is 2. The number of anilines is 2. The quantitative estimate of drug-likeness (QED) is 0.625. The Morgan fingerprint density at radius 2 is 1.76 bits per heavy atom. The van der Waals surface area contributed by atoms with Crippen molar-refractivity contribution in [2.24, 2.45) is 0 Å². The lowest BCUT2D eigenvalue weighted by Crippen LogP contribution is -2.22. The van der Waals surface area contributed by atoms with Crippen LogP contribution in [0.4, 0.5) is 11.5 Å². The second-order valence-electron chi connectivity index (χ2n) is 6.76. The topological polar surface area (TPSA) is 70.7 Å². The van der Waals surface area contributed by atoms with Crippen molar-refractivity contribution >= 4 is 34.3 Å². The molecule has 3 aromatic rings. The van der Waals surface area contributed by atoms with Gasteiger partial charge in [0.05, 0.1) is 31.9 Å². The largest absolute Gasteiger partial charge is 0.497 e. The molecule has 0 fully saturated rings. The lowest BCUT2D eigenvalue weighted by Gasteiger charge is -2.24. The Hall–Kier alpha value is -3.45. The van der Waals surface area contributed by atoms with E-state index in [0.29, 0.717) is 23.9 Å². The molecule has 0 radical (unpaired) electrons. The van der Waals surface area contributed by atoms with Gasteiger partial charge in [-0.25, -0.2) is 9.56 Å². The first kappa shape index (κ1) is 18.9. The van der Waals surface area contributed by atoms with E-state index in [1.54, 1.807) is 14.2 Å². The Morgan fingerprint density at radius 3 is 2.38 bits per heavy atom. The van der Waals surface area contributed by atoms with Gasteiger partial charge >= 0.3 is 0 Å². The molecule has 0 amide bonds. The monoisotopic (exact) mass is 391 g/mol. The summed E-state index contributed by atoms with van der Waals surface area (Å²) < 4.78 is 12.8. The van der Waals surface area contributed by atoms with Gasteiger partial charge in [-0.1, -0.05) is 0 Å². The third kappa shape index (κ3) is 3.77. The number of hydrogen-bond acceptors (Lipinski definition) is 6. The molecule has 1 N–H and O–H groups in total. The first-order chi connectivity index (χ1) is 14.1. The third-order valence-corrected chi connectivity index (χ3v) is 4.79. The van der Waals surface area contributed by atoms with Crippen molar-refractivity contribution in [3.63, 3.8) is 0 Å². The van der Waals surface area contributed by atoms with Crippen molar-refractivity contribution in [1.82, 2.24) is 9.97 Å². The maximum atomic E-state index is 9.65. The van der Waals surface area contributed by atoms with E-state index in [4.69, 9.17) is 14.5 Å². The minimum Gasteiger partial charge on any atom is -0.497 e. The highest BCUT2D eigenvalue weighted by atomic mass is 16.5. The van der Waals surface area contributed by atoms with Crippen molar-refractivity contribution < 1.29 is 19.2 Å². The number of methoxy groups -OCH3 is 2. The van der Waals surface area contributed by atoms with Gasteiger partial charge in [-0.2, -0.15) is 0 Å². The minimum absolute atomic E-state index is 0.0221. The maximum Gasteiger partial charge on any atom is 0.182 e. The number of pyridine rings is 2. The van der Waals surface area contributed by atoms with Gasteiger partial charge in [0.2, 0.25) is 0 Å². The number of aliphatic hydroxyl groups excluding tert-OH is 1. The number of aromatic nitrogens is 2. The van der Waals surface area contributed by atoms with E-state index in [-0.39, 0.29) is 6.61 Å². The van der Waals surface area contributed by atoms with Crippen LogP contribution in [0, 0.1) is 0 Å². The SMILES string of the molecule is COc1cc(OC)cc(N(CCO)c2ccc3ncc(C4=C[N+](C)=C4)cc3n2)c1. The number of aliphatic hydroxyl groups is 1. The van der Waals surface area contributed by atoms with Crippen LogP contribution in [0.5, 0.6) is 11.5 Å². The fraction of sp³-hybridized carbons (Fsp3) is 0.227. The van der Waals surface area contributed by atoms with Crippen molar-refractivity contribution in [2.45, 2.75) is 0 Å². The van der Waals surface area contributed by atoms with Crippen molar-refractivity contribution in [2.75, 3.05) is 39.3 Å². The second-order valence-corrected chi connectivity index (χ2v) is 6.76. The Balaban J connectivity index is 1.76. The van der Waals surface area contributed by atoms with Crippen LogP contribution < -0.4 is 14.4 Å². The zero-order chi connectivity index (χ0) is 20.4. The van der Waals surface area contributed by atoms with Crippen LogP contribution >= 0.6 is 0 Å². The lowest BCUT2D eigenvalue weighted by molar-refractivity contribution is -0.423. The van der Waals surface area contributed by atoms with Gasteiger partial charge in [0.1, 0.15) is 29.9 Å². The molecule has 3 heterocycles. The lowest BCUT2D eigenvalue weighted by atomic mass is 10.1. The highest BCUT2D eigenvalue weighted by molar-refractivity contribution is 6.10. The Kier molecular flexibility index (Phi) is 5.14. The van der Waals surface area contributed by atoms with E-state index in [2.05, 4.69) is 4.98 Å². The number of benzene rings is 1. The van der Waals surface area contributed by atoms with E-state index in [1.165, 1.54) is 0 Å². The number of rotatable bonds is 7. The van der Waals surface area contributed by atoms with Gasteiger partial charge in [-0.15, -0.1) is 0 Å². The summed E-state index contributed by atoms with van der Waals surface area (Å²) in [7, 11) is 5.21. The molecule has 0 aliphatic carbocycles. The van der Waals surface area contributed by atoms with Gasteiger partial charge in [-0.05, 0) is 18.2 Å². The molecule has 148 valence electrons. The Bertz CT molecular complexity index is 1100. The van der Waals surface area contributed by atoms with E-state index in [0.717, 1.165) is 27.9 Å². The zero-order valence-corrected chi connectivity index (χ0v) is 16.7. The molecule has 1 aliphatic rings. The van der Waals surface area contributed by atoms with E-state index < -0.39 is 0 Å². The first-order valence-corrected chi connectivity index (χ1v) is 9.28. The standard InChI is InChI=1S/C22H23N4O3/c1-25-13-16(14-25)15-8-21-20(23-12-15)4-5-22(24-21)26(6-7-27)17-9-18(28-2)11-19(10-17)29-3/h4-5,8-14,27H,6-7H2,1-3H3/q+1. The molecule has 4 rings (SSSR count). The summed E-state index contributed by atoms with van der Waals surface area (Å²) in [4.78, 5) is 11.3. The average molecular weight is 391 g/mol. The summed E-state index contributed by atoms with van der Waals surface area (Å²) >= 11 is 0. The fourth-order valence-electron chi connectivity index (χ4n) is 3.30. The van der Waals surface area contributed by atoms with E-state index >= 15 is 0 Å². The molecular formula is C22H23N4O3+. The number of allylic oxidation sites excluding steroid dienone is 1. The highest BCUT2D eigenvalue weighted by Gasteiger charge is 2.17. The molecule has 29 heavy (non-hydrogen) atoms. The summed E-state index contributed by atoms with van der Waals surface area (Å²) in [6, 6.07) is 11.5. The summed E-state index contributed by atoms with van der Waals surface area (Å²) in [5.41, 5.74) is 4.58. The number of fused-ring (bicyclic) bond motifs is 1. The summed E-state index contributed by atoms with van der Waals surface area (Å²) in [5, 5.41) is 9.65. The Morgan fingerprint density at radius 1 is 1.03 bits per heavy atom. The van der Waals surface area contributed by atoms with Crippen molar-refractivity contribution in [3.8, 4) is 11.5 Å². The van der Waals surface area contributed by atoms with Crippen LogP contribution in [0.25, 0.3) is 16.6 Å². The summed E-state index contributed by atoms with van der Waals surface area (Å²) in [6.45, 7) is 0.359. The van der Waals surface area contributed by atoms with Crippen molar-refractivity contribution in [1.29, 1.82) is 0 Å². The molecule has 0 saturated heterocycles. The Labute approximate surface area is 169 Å². The predicted octanol–water partition coefficient (Wildman–Crippen LogP) is 2.85. The molecule has 7 nitrogen and oxygen atoms in total. The molecular weight excluding hydrogens is 368 g/mol. The highest BCUT2D eigenvalue weighted by Crippen LogP contribution is 2.32. The first-order valence-electron chi connectivity index (χ1n) is 9.28. The predicted molar refractivity (Wildman–Crippen MR) is 113 cm³/mol. The number of nitrogens with zero attached hydrogens (tertiary/aromatic N) is 4. The molecule has 0 spiro atoms. The normalized spacial score (nSPS) is 12.8. The van der Waals surface area contributed by atoms with Crippen LogP contribution in [0.3, 0.4) is 0 Å². The van der Waals surface area contributed by atoms with E-state index in [1.807, 2.05) is 71.5 Å². The molecule has 0 atom stereocenters. The van der Waals surface area contributed by atoms with Gasteiger partial charge in [0, 0.05) is 42.2 Å². The molecule has 0 bridgehead atoms. The zero-order valence-electron chi connectivity index (χ0n) is 16.7. The van der Waals surface area contributed by atoms with Crippen LogP contribution in [-0.2, 0) is 0 Å². The molecule has 7 heteroatoms. The van der Waals surface area contributed by atoms with Gasteiger partial charge in [0.25, 0.3) is 0 Å². The van der Waals surface area contributed by atoms with Crippen LogP contribution in [-0.4, -0.2) is 60.3 Å². The van der Waals surface area contributed by atoms with Crippen LogP contribution in [0.1, 0.15) is 5.56 Å². The molecule has 0 unspecified atom stereocenters. The molecule has 1 aliphatic heterocycles. The second kappa shape index (κ2) is 7.89. The summed E-state index contributed by atoms with van der Waals surface area (Å²) in [6.07, 6.45) is 5.96. The number of hydrogen-bond donors (Lipinski definition) is 1. The average Bonchev–Trinajstić information content (AvgIpc) is 2.74. The van der Waals surface area contributed by atoms with E-state index in [9.17, 15) is 5.11 Å². The minimum atomic E-state index is -0.0221. The smallest absolute Gasteiger partial charge is 0.182 e. The van der Waals surface area contributed by atoms with Crippen LogP contribution in [0.2, 0.25) is 0 Å². The fourth-order valence-corrected chi connectivity index (χ4v) is 3.30. The molecule has 0 saturated carbocycles. The molecule has 2 aromatic heterocycles. The van der Waals surface area contributed by atoms with Gasteiger partial charge < -0.3 is 19.5 Å². The third-order valence-electron chi connectivity index (χ3n) is 4.79. The van der Waals surface area contributed by atoms with Gasteiger partial charge in [0.15, 0.2) is 12.4 Å². The van der Waals surface area contributed by atoms with Crippen LogP contribution in [0.15, 0.2) is 48.8 Å². The summed E-state index contributed by atoms with van der Waals surface area (Å²) in [5.74, 6) is 2.05. The van der Waals surface area contributed by atoms with Gasteiger partial charge in [-0.3, -0.25) is 4.98 Å².